The van der Waals surface area contributed by atoms with Gasteiger partial charge in [-0.05, 0) is 12.0 Å². The molecule has 138 valence electrons. The molecule has 0 saturated heterocycles. The van der Waals surface area contributed by atoms with Crippen LogP contribution in [0.3, 0.4) is 0 Å². The average molecular weight is 365 g/mol. The summed E-state index contributed by atoms with van der Waals surface area (Å²) in [5, 5.41) is 7.64. The van der Waals surface area contributed by atoms with Gasteiger partial charge in [0.15, 0.2) is 0 Å². The zero-order chi connectivity index (χ0) is 17.7. The van der Waals surface area contributed by atoms with E-state index in [0.717, 1.165) is 17.7 Å². The van der Waals surface area contributed by atoms with Crippen molar-refractivity contribution in [2.45, 2.75) is 58.5 Å². The molecule has 0 spiro atoms. The average Bonchev–Trinajstić information content (AvgIpc) is 2.91. The van der Waals surface area contributed by atoms with Gasteiger partial charge in [0.25, 0.3) is 0 Å². The van der Waals surface area contributed by atoms with Gasteiger partial charge in [-0.1, -0.05) is 64.4 Å². The van der Waals surface area contributed by atoms with E-state index in [1.54, 1.807) is 0 Å². The molecule has 1 heterocycles. The van der Waals surface area contributed by atoms with Crippen molar-refractivity contribution in [3.05, 3.63) is 47.7 Å². The second kappa shape index (κ2) is 9.02. The van der Waals surface area contributed by atoms with Crippen LogP contribution < -0.4 is 11.1 Å². The summed E-state index contributed by atoms with van der Waals surface area (Å²) in [6.07, 6.45) is 1.55. The molecule has 3 N–H and O–H groups in total. The quantitative estimate of drug-likeness (QED) is 0.820. The molecular weight excluding hydrogens is 336 g/mol. The lowest BCUT2D eigenvalue weighted by Crippen LogP contribution is -2.36. The van der Waals surface area contributed by atoms with Crippen molar-refractivity contribution in [1.29, 1.82) is 0 Å². The van der Waals surface area contributed by atoms with Crippen LogP contribution >= 0.6 is 12.4 Å². The summed E-state index contributed by atoms with van der Waals surface area (Å²) in [5.74, 6) is 0.534. The van der Waals surface area contributed by atoms with Crippen molar-refractivity contribution in [1.82, 2.24) is 9.78 Å². The molecule has 1 aromatic heterocycles. The highest BCUT2D eigenvalue weighted by Crippen LogP contribution is 2.24. The third kappa shape index (κ3) is 5.87. The van der Waals surface area contributed by atoms with Gasteiger partial charge in [0.2, 0.25) is 5.91 Å². The molecular formula is C19H29ClN4O. The minimum absolute atomic E-state index is 0. The van der Waals surface area contributed by atoms with Gasteiger partial charge in [-0.2, -0.15) is 5.10 Å². The summed E-state index contributed by atoms with van der Waals surface area (Å²) in [7, 11) is 0. The smallest absolute Gasteiger partial charge is 0.242 e. The van der Waals surface area contributed by atoms with Crippen LogP contribution in [0.4, 0.5) is 5.82 Å². The van der Waals surface area contributed by atoms with Crippen molar-refractivity contribution in [2.24, 2.45) is 5.73 Å². The maximum absolute atomic E-state index is 12.3. The van der Waals surface area contributed by atoms with Gasteiger partial charge in [-0.3, -0.25) is 4.79 Å². The number of nitrogens with one attached hydrogen (secondary N) is 1. The minimum atomic E-state index is -0.492. The number of nitrogens with two attached hydrogens (primary N) is 1. The van der Waals surface area contributed by atoms with Crippen molar-refractivity contribution in [2.75, 3.05) is 5.32 Å². The van der Waals surface area contributed by atoms with Gasteiger partial charge < -0.3 is 11.1 Å². The number of benzene rings is 1. The van der Waals surface area contributed by atoms with E-state index in [1.165, 1.54) is 0 Å². The number of rotatable bonds is 6. The fraction of sp³-hybridized carbons (Fsp3) is 0.474. The summed E-state index contributed by atoms with van der Waals surface area (Å²) < 4.78 is 1.84. The molecule has 0 saturated carbocycles. The first kappa shape index (κ1) is 21.2. The SMILES string of the molecule is CCCC(N)C(=O)Nc1cc(C(C)(C)C)nn1Cc1ccccc1.Cl. The summed E-state index contributed by atoms with van der Waals surface area (Å²) in [6.45, 7) is 8.95. The molecule has 0 fully saturated rings. The van der Waals surface area contributed by atoms with E-state index in [2.05, 4.69) is 26.1 Å². The third-order valence-corrected chi connectivity index (χ3v) is 3.91. The summed E-state index contributed by atoms with van der Waals surface area (Å²) in [5.41, 5.74) is 7.91. The highest BCUT2D eigenvalue weighted by molar-refractivity contribution is 5.94. The van der Waals surface area contributed by atoms with E-state index in [-0.39, 0.29) is 23.7 Å². The number of hydrogen-bond acceptors (Lipinski definition) is 3. The van der Waals surface area contributed by atoms with Gasteiger partial charge in [0.05, 0.1) is 18.3 Å². The van der Waals surface area contributed by atoms with E-state index in [1.807, 2.05) is 48.0 Å². The second-order valence-electron chi connectivity index (χ2n) is 7.19. The number of halogens is 1. The zero-order valence-corrected chi connectivity index (χ0v) is 16.3. The van der Waals surface area contributed by atoms with Gasteiger partial charge in [0.1, 0.15) is 5.82 Å². The Kier molecular flexibility index (Phi) is 7.64. The lowest BCUT2D eigenvalue weighted by molar-refractivity contribution is -0.117. The van der Waals surface area contributed by atoms with Gasteiger partial charge in [0, 0.05) is 11.5 Å². The lowest BCUT2D eigenvalue weighted by atomic mass is 9.92. The Bertz CT molecular complexity index is 676. The van der Waals surface area contributed by atoms with E-state index in [9.17, 15) is 4.79 Å². The van der Waals surface area contributed by atoms with E-state index < -0.39 is 6.04 Å². The Morgan fingerprint density at radius 1 is 1.28 bits per heavy atom. The summed E-state index contributed by atoms with van der Waals surface area (Å²) >= 11 is 0. The Hall–Kier alpha value is -1.85. The predicted molar refractivity (Wildman–Crippen MR) is 105 cm³/mol. The van der Waals surface area contributed by atoms with Crippen molar-refractivity contribution in [3.8, 4) is 0 Å². The number of hydrogen-bond donors (Lipinski definition) is 2. The maximum atomic E-state index is 12.3. The number of anilines is 1. The first-order chi connectivity index (χ1) is 11.3. The first-order valence-electron chi connectivity index (χ1n) is 8.50. The molecule has 1 unspecified atom stereocenters. The zero-order valence-electron chi connectivity index (χ0n) is 15.5. The van der Waals surface area contributed by atoms with Crippen LogP contribution in [0.2, 0.25) is 0 Å². The van der Waals surface area contributed by atoms with Gasteiger partial charge in [-0.25, -0.2) is 4.68 Å². The minimum Gasteiger partial charge on any atom is -0.320 e. The fourth-order valence-corrected chi connectivity index (χ4v) is 2.42. The number of nitrogens with zero attached hydrogens (tertiary/aromatic N) is 2. The molecule has 0 bridgehead atoms. The van der Waals surface area contributed by atoms with Gasteiger partial charge >= 0.3 is 0 Å². The fourth-order valence-electron chi connectivity index (χ4n) is 2.42. The number of carbonyl (C=O) groups excluding carboxylic acids is 1. The number of aromatic nitrogens is 2. The van der Waals surface area contributed by atoms with E-state index in [0.29, 0.717) is 18.8 Å². The lowest BCUT2D eigenvalue weighted by Gasteiger charge is -2.14. The number of carbonyl (C=O) groups is 1. The Labute approximate surface area is 156 Å². The predicted octanol–water partition coefficient (Wildman–Crippen LogP) is 3.72. The Morgan fingerprint density at radius 3 is 2.48 bits per heavy atom. The largest absolute Gasteiger partial charge is 0.320 e. The van der Waals surface area contributed by atoms with Crippen molar-refractivity contribution in [3.63, 3.8) is 0 Å². The second-order valence-corrected chi connectivity index (χ2v) is 7.19. The van der Waals surface area contributed by atoms with Crippen LogP contribution in [0, 0.1) is 0 Å². The molecule has 0 aliphatic heterocycles. The summed E-state index contributed by atoms with van der Waals surface area (Å²) in [4.78, 5) is 12.3. The van der Waals surface area contributed by atoms with Crippen LogP contribution in [0.25, 0.3) is 0 Å². The molecule has 2 aromatic rings. The first-order valence-corrected chi connectivity index (χ1v) is 8.50. The molecule has 0 aliphatic carbocycles. The topological polar surface area (TPSA) is 72.9 Å². The van der Waals surface area contributed by atoms with Crippen LogP contribution in [0.5, 0.6) is 0 Å². The Balaban J connectivity index is 0.00000312. The molecule has 5 nitrogen and oxygen atoms in total. The van der Waals surface area contributed by atoms with Crippen molar-refractivity contribution >= 4 is 24.1 Å². The highest BCUT2D eigenvalue weighted by atomic mass is 35.5. The molecule has 1 amide bonds. The highest BCUT2D eigenvalue weighted by Gasteiger charge is 2.22. The van der Waals surface area contributed by atoms with E-state index >= 15 is 0 Å². The van der Waals surface area contributed by atoms with Crippen LogP contribution in [0.15, 0.2) is 36.4 Å². The molecule has 1 aromatic carbocycles. The molecule has 25 heavy (non-hydrogen) atoms. The third-order valence-electron chi connectivity index (χ3n) is 3.91. The monoisotopic (exact) mass is 364 g/mol. The molecule has 0 radical (unpaired) electrons. The van der Waals surface area contributed by atoms with Crippen LogP contribution in [-0.2, 0) is 16.8 Å². The number of amides is 1. The standard InChI is InChI=1S/C19H28N4O.ClH/c1-5-9-15(20)18(24)21-17-12-16(19(2,3)4)22-23(17)13-14-10-7-6-8-11-14;/h6-8,10-12,15H,5,9,13,20H2,1-4H3,(H,21,24);1H. The van der Waals surface area contributed by atoms with Gasteiger partial charge in [-0.15, -0.1) is 12.4 Å². The van der Waals surface area contributed by atoms with Crippen LogP contribution in [0.1, 0.15) is 51.8 Å². The summed E-state index contributed by atoms with van der Waals surface area (Å²) in [6, 6.07) is 11.5. The van der Waals surface area contributed by atoms with Crippen molar-refractivity contribution < 1.29 is 4.79 Å². The molecule has 0 aliphatic rings. The normalized spacial score (nSPS) is 12.4. The Morgan fingerprint density at radius 2 is 1.92 bits per heavy atom. The molecule has 2 rings (SSSR count). The van der Waals surface area contributed by atoms with Crippen LogP contribution in [-0.4, -0.2) is 21.7 Å². The molecule has 1 atom stereocenters. The maximum Gasteiger partial charge on any atom is 0.242 e. The van der Waals surface area contributed by atoms with E-state index in [4.69, 9.17) is 10.8 Å². The molecule has 6 heteroatoms.